The molecule has 21 heavy (non-hydrogen) atoms. The normalized spacial score (nSPS) is 10.9. The number of hydrogen-bond donors (Lipinski definition) is 2. The van der Waals surface area contributed by atoms with Gasteiger partial charge in [0, 0.05) is 23.8 Å². The van der Waals surface area contributed by atoms with E-state index in [9.17, 15) is 4.79 Å². The van der Waals surface area contributed by atoms with Crippen molar-refractivity contribution >= 4 is 45.2 Å². The fourth-order valence-corrected chi connectivity index (χ4v) is 3.24. The lowest BCUT2D eigenvalue weighted by molar-refractivity contribution is -0.116. The van der Waals surface area contributed by atoms with E-state index < -0.39 is 0 Å². The van der Waals surface area contributed by atoms with Crippen molar-refractivity contribution in [3.63, 3.8) is 0 Å². The summed E-state index contributed by atoms with van der Waals surface area (Å²) in [4.78, 5) is 23.5. The van der Waals surface area contributed by atoms with Gasteiger partial charge < -0.3 is 10.3 Å². The predicted molar refractivity (Wildman–Crippen MR) is 86.8 cm³/mol. The number of rotatable bonds is 6. The summed E-state index contributed by atoms with van der Waals surface area (Å²) >= 11 is 3.06. The van der Waals surface area contributed by atoms with Crippen LogP contribution < -0.4 is 5.32 Å². The minimum absolute atomic E-state index is 0.00940. The number of fused-ring (bicyclic) bond motifs is 1. The molecule has 1 amide bonds. The molecule has 108 valence electrons. The highest BCUT2D eigenvalue weighted by Gasteiger charge is 2.05. The van der Waals surface area contributed by atoms with Crippen molar-refractivity contribution in [2.45, 2.75) is 18.0 Å². The van der Waals surface area contributed by atoms with Crippen LogP contribution >= 0.6 is 23.1 Å². The summed E-state index contributed by atoms with van der Waals surface area (Å²) in [6.45, 7) is 0. The molecule has 0 radical (unpaired) electrons. The van der Waals surface area contributed by atoms with E-state index in [1.54, 1.807) is 18.0 Å². The number of hydrogen-bond acceptors (Lipinski definition) is 5. The van der Waals surface area contributed by atoms with Crippen molar-refractivity contribution in [2.75, 3.05) is 11.1 Å². The number of para-hydroxylation sites is 2. The average Bonchev–Trinajstić information content (AvgIpc) is 3.12. The van der Waals surface area contributed by atoms with Gasteiger partial charge in [-0.1, -0.05) is 23.9 Å². The molecule has 5 nitrogen and oxygen atoms in total. The van der Waals surface area contributed by atoms with Crippen LogP contribution in [0.3, 0.4) is 0 Å². The van der Waals surface area contributed by atoms with Crippen molar-refractivity contribution in [3.05, 3.63) is 35.8 Å². The number of benzene rings is 1. The SMILES string of the molecule is O=C(CCCSc1nc2ccccc2[nH]1)Nc1nccs1. The van der Waals surface area contributed by atoms with Gasteiger partial charge in [-0.15, -0.1) is 11.3 Å². The maximum Gasteiger partial charge on any atom is 0.226 e. The molecule has 0 aliphatic carbocycles. The van der Waals surface area contributed by atoms with Crippen LogP contribution in [0.4, 0.5) is 5.13 Å². The molecule has 3 rings (SSSR count). The quantitative estimate of drug-likeness (QED) is 0.539. The molecule has 0 aliphatic heterocycles. The fraction of sp³-hybridized carbons (Fsp3) is 0.214. The molecule has 2 heterocycles. The standard InChI is InChI=1S/C14H14N4OS2/c19-12(18-13-15-7-9-21-13)6-3-8-20-14-16-10-4-1-2-5-11(10)17-14/h1-2,4-5,7,9H,3,6,8H2,(H,16,17)(H,15,18,19). The zero-order valence-electron chi connectivity index (χ0n) is 11.2. The Kier molecular flexibility index (Phi) is 4.52. The van der Waals surface area contributed by atoms with Crippen LogP contribution in [-0.4, -0.2) is 26.6 Å². The number of aromatic nitrogens is 3. The van der Waals surface area contributed by atoms with Gasteiger partial charge in [0.15, 0.2) is 10.3 Å². The lowest BCUT2D eigenvalue weighted by Crippen LogP contribution is -2.11. The van der Waals surface area contributed by atoms with Crippen molar-refractivity contribution < 1.29 is 4.79 Å². The van der Waals surface area contributed by atoms with Gasteiger partial charge in [-0.2, -0.15) is 0 Å². The highest BCUT2D eigenvalue weighted by Crippen LogP contribution is 2.20. The molecule has 2 aromatic heterocycles. The van der Waals surface area contributed by atoms with Gasteiger partial charge in [0.1, 0.15) is 0 Å². The molecular weight excluding hydrogens is 304 g/mol. The molecule has 0 fully saturated rings. The zero-order chi connectivity index (χ0) is 14.5. The Balaban J connectivity index is 1.42. The monoisotopic (exact) mass is 318 g/mol. The van der Waals surface area contributed by atoms with Gasteiger partial charge in [0.2, 0.25) is 5.91 Å². The lowest BCUT2D eigenvalue weighted by Gasteiger charge is -2.00. The number of thiazole rings is 1. The Morgan fingerprint density at radius 1 is 1.38 bits per heavy atom. The number of carbonyl (C=O) groups is 1. The van der Waals surface area contributed by atoms with Crippen molar-refractivity contribution in [1.29, 1.82) is 0 Å². The van der Waals surface area contributed by atoms with E-state index in [0.29, 0.717) is 11.6 Å². The summed E-state index contributed by atoms with van der Waals surface area (Å²) in [5.74, 6) is 0.862. The van der Waals surface area contributed by atoms with Gasteiger partial charge >= 0.3 is 0 Å². The van der Waals surface area contributed by atoms with E-state index >= 15 is 0 Å². The van der Waals surface area contributed by atoms with Crippen molar-refractivity contribution in [3.8, 4) is 0 Å². The van der Waals surface area contributed by atoms with Crippen LogP contribution in [0.15, 0.2) is 41.0 Å². The number of aromatic amines is 1. The smallest absolute Gasteiger partial charge is 0.226 e. The van der Waals surface area contributed by atoms with Crippen LogP contribution in [0.5, 0.6) is 0 Å². The first-order valence-corrected chi connectivity index (χ1v) is 8.45. The second kappa shape index (κ2) is 6.73. The molecule has 2 N–H and O–H groups in total. The number of H-pyrrole nitrogens is 1. The summed E-state index contributed by atoms with van der Waals surface area (Å²) in [6, 6.07) is 7.95. The zero-order valence-corrected chi connectivity index (χ0v) is 12.8. The van der Waals surface area contributed by atoms with Crippen molar-refractivity contribution in [2.24, 2.45) is 0 Å². The van der Waals surface area contributed by atoms with Crippen LogP contribution in [-0.2, 0) is 4.79 Å². The fourth-order valence-electron chi connectivity index (χ4n) is 1.87. The Bertz CT molecular complexity index is 690. The molecule has 0 bridgehead atoms. The van der Waals surface area contributed by atoms with Crippen LogP contribution in [0.25, 0.3) is 11.0 Å². The summed E-state index contributed by atoms with van der Waals surface area (Å²) < 4.78 is 0. The first-order chi connectivity index (χ1) is 10.3. The van der Waals surface area contributed by atoms with Crippen LogP contribution in [0, 0.1) is 0 Å². The minimum Gasteiger partial charge on any atom is -0.333 e. The summed E-state index contributed by atoms with van der Waals surface area (Å²) in [7, 11) is 0. The molecule has 0 saturated heterocycles. The van der Waals surface area contributed by atoms with Crippen molar-refractivity contribution in [1.82, 2.24) is 15.0 Å². The summed E-state index contributed by atoms with van der Waals surface area (Å²) in [5.41, 5.74) is 2.02. The van der Waals surface area contributed by atoms with E-state index in [4.69, 9.17) is 0 Å². The van der Waals surface area contributed by atoms with Gasteiger partial charge in [-0.3, -0.25) is 4.79 Å². The molecule has 0 unspecified atom stereocenters. The number of anilines is 1. The Hall–Kier alpha value is -1.86. The molecule has 0 saturated carbocycles. The largest absolute Gasteiger partial charge is 0.333 e. The number of thioether (sulfide) groups is 1. The van der Waals surface area contributed by atoms with Gasteiger partial charge in [0.05, 0.1) is 11.0 Å². The maximum absolute atomic E-state index is 11.7. The Morgan fingerprint density at radius 2 is 2.29 bits per heavy atom. The van der Waals surface area contributed by atoms with Gasteiger partial charge in [0.25, 0.3) is 0 Å². The summed E-state index contributed by atoms with van der Waals surface area (Å²) in [5, 5.41) is 6.18. The first-order valence-electron chi connectivity index (χ1n) is 6.58. The van der Waals surface area contributed by atoms with Gasteiger partial charge in [-0.25, -0.2) is 9.97 Å². The number of carbonyl (C=O) groups excluding carboxylic acids is 1. The molecule has 0 atom stereocenters. The average molecular weight is 318 g/mol. The summed E-state index contributed by atoms with van der Waals surface area (Å²) in [6.07, 6.45) is 2.98. The highest BCUT2D eigenvalue weighted by molar-refractivity contribution is 7.99. The third-order valence-electron chi connectivity index (χ3n) is 2.83. The first kappa shape index (κ1) is 14.1. The second-order valence-corrected chi connectivity index (χ2v) is 6.37. The van der Waals surface area contributed by atoms with E-state index in [1.165, 1.54) is 11.3 Å². The molecule has 3 aromatic rings. The highest BCUT2D eigenvalue weighted by atomic mass is 32.2. The van der Waals surface area contributed by atoms with Gasteiger partial charge in [-0.05, 0) is 18.6 Å². The third-order valence-corrected chi connectivity index (χ3v) is 4.48. The number of imidazole rings is 1. The van der Waals surface area contributed by atoms with E-state index in [1.807, 2.05) is 29.6 Å². The predicted octanol–water partition coefficient (Wildman–Crippen LogP) is 3.53. The van der Waals surface area contributed by atoms with E-state index in [0.717, 1.165) is 28.4 Å². The lowest BCUT2D eigenvalue weighted by atomic mass is 10.3. The molecule has 7 heteroatoms. The number of amides is 1. The van der Waals surface area contributed by atoms with E-state index in [2.05, 4.69) is 20.3 Å². The molecule has 0 aliphatic rings. The third kappa shape index (κ3) is 3.83. The van der Waals surface area contributed by atoms with Crippen LogP contribution in [0.1, 0.15) is 12.8 Å². The second-order valence-electron chi connectivity index (χ2n) is 4.40. The molecule has 0 spiro atoms. The molecule has 1 aromatic carbocycles. The van der Waals surface area contributed by atoms with E-state index in [-0.39, 0.29) is 5.91 Å². The maximum atomic E-state index is 11.7. The Labute approximate surface area is 130 Å². The number of nitrogens with one attached hydrogen (secondary N) is 2. The Morgan fingerprint density at radius 3 is 3.10 bits per heavy atom. The molecular formula is C14H14N4OS2. The number of nitrogens with zero attached hydrogens (tertiary/aromatic N) is 2. The van der Waals surface area contributed by atoms with Crippen LogP contribution in [0.2, 0.25) is 0 Å². The minimum atomic E-state index is 0.00940. The topological polar surface area (TPSA) is 70.7 Å².